The van der Waals surface area contributed by atoms with Crippen molar-refractivity contribution in [2.75, 3.05) is 11.5 Å². The van der Waals surface area contributed by atoms with Crippen molar-refractivity contribution in [2.45, 2.75) is 12.8 Å². The van der Waals surface area contributed by atoms with Crippen molar-refractivity contribution in [2.24, 2.45) is 10.8 Å². The molecule has 0 N–H and O–H groups in total. The van der Waals surface area contributed by atoms with E-state index in [1.54, 1.807) is 0 Å². The third kappa shape index (κ3) is 0.766. The molecule has 2 atom stereocenters. The molecular formula is C10H12O2S. The zero-order valence-electron chi connectivity index (χ0n) is 7.36. The smallest absolute Gasteiger partial charge is 0.152 e. The van der Waals surface area contributed by atoms with Gasteiger partial charge in [0, 0.05) is 10.8 Å². The maximum Gasteiger partial charge on any atom is 0.152 e. The molecule has 3 rings (SSSR count). The molecular weight excluding hydrogens is 184 g/mol. The van der Waals surface area contributed by atoms with Gasteiger partial charge in [0.25, 0.3) is 0 Å². The lowest BCUT2D eigenvalue weighted by Gasteiger charge is -2.49. The largest absolute Gasteiger partial charge is 0.229 e. The van der Waals surface area contributed by atoms with Crippen LogP contribution in [-0.4, -0.2) is 19.9 Å². The predicted octanol–water partition coefficient (Wildman–Crippen LogP) is 1.31. The van der Waals surface area contributed by atoms with Crippen LogP contribution in [0.15, 0.2) is 24.3 Å². The minimum atomic E-state index is -2.79. The minimum Gasteiger partial charge on any atom is -0.229 e. The van der Waals surface area contributed by atoms with Crippen LogP contribution < -0.4 is 0 Å². The molecule has 3 aliphatic rings. The Hall–Kier alpha value is -0.570. The third-order valence-corrected chi connectivity index (χ3v) is 5.71. The SMILES string of the molecule is O=S1(=O)CC23C=CC2(CC=CC3)C1. The molecule has 0 radical (unpaired) electrons. The van der Waals surface area contributed by atoms with E-state index in [1.807, 2.05) is 0 Å². The average molecular weight is 196 g/mol. The van der Waals surface area contributed by atoms with E-state index in [2.05, 4.69) is 24.3 Å². The van der Waals surface area contributed by atoms with Crippen molar-refractivity contribution in [1.29, 1.82) is 0 Å². The molecule has 2 unspecified atom stereocenters. The zero-order valence-corrected chi connectivity index (χ0v) is 8.18. The summed E-state index contributed by atoms with van der Waals surface area (Å²) >= 11 is 0. The highest BCUT2D eigenvalue weighted by atomic mass is 32.2. The summed E-state index contributed by atoms with van der Waals surface area (Å²) in [5, 5.41) is 0. The topological polar surface area (TPSA) is 34.1 Å². The molecule has 0 spiro atoms. The van der Waals surface area contributed by atoms with Crippen molar-refractivity contribution >= 4 is 9.84 Å². The van der Waals surface area contributed by atoms with Crippen LogP contribution in [0.1, 0.15) is 12.8 Å². The zero-order chi connectivity index (χ0) is 9.16. The van der Waals surface area contributed by atoms with Crippen LogP contribution in [0.2, 0.25) is 0 Å². The molecule has 0 aromatic heterocycles. The Morgan fingerprint density at radius 3 is 1.77 bits per heavy atom. The van der Waals surface area contributed by atoms with E-state index in [0.29, 0.717) is 11.5 Å². The molecule has 2 nitrogen and oxygen atoms in total. The van der Waals surface area contributed by atoms with Gasteiger partial charge in [-0.05, 0) is 12.8 Å². The van der Waals surface area contributed by atoms with E-state index >= 15 is 0 Å². The first-order valence-electron chi connectivity index (χ1n) is 4.64. The van der Waals surface area contributed by atoms with Gasteiger partial charge >= 0.3 is 0 Å². The molecule has 0 saturated carbocycles. The summed E-state index contributed by atoms with van der Waals surface area (Å²) in [6, 6.07) is 0. The lowest BCUT2D eigenvalue weighted by Crippen LogP contribution is -2.45. The summed E-state index contributed by atoms with van der Waals surface area (Å²) in [4.78, 5) is 0. The highest BCUT2D eigenvalue weighted by Gasteiger charge is 2.62. The Morgan fingerprint density at radius 1 is 0.923 bits per heavy atom. The highest BCUT2D eigenvalue weighted by Crippen LogP contribution is 2.62. The van der Waals surface area contributed by atoms with Gasteiger partial charge in [-0.3, -0.25) is 0 Å². The van der Waals surface area contributed by atoms with E-state index in [9.17, 15) is 8.42 Å². The molecule has 0 amide bonds. The summed E-state index contributed by atoms with van der Waals surface area (Å²) < 4.78 is 23.2. The van der Waals surface area contributed by atoms with E-state index in [0.717, 1.165) is 12.8 Å². The van der Waals surface area contributed by atoms with Crippen LogP contribution in [0, 0.1) is 10.8 Å². The second-order valence-corrected chi connectivity index (χ2v) is 6.62. The molecule has 0 aromatic rings. The van der Waals surface area contributed by atoms with E-state index in [4.69, 9.17) is 0 Å². The Kier molecular flexibility index (Phi) is 1.15. The maximum absolute atomic E-state index is 11.6. The summed E-state index contributed by atoms with van der Waals surface area (Å²) in [6.45, 7) is 0. The third-order valence-electron chi connectivity index (χ3n) is 3.80. The molecule has 13 heavy (non-hydrogen) atoms. The normalized spacial score (nSPS) is 49.5. The predicted molar refractivity (Wildman–Crippen MR) is 51.0 cm³/mol. The minimum absolute atomic E-state index is 0.0133. The van der Waals surface area contributed by atoms with Gasteiger partial charge in [-0.1, -0.05) is 24.3 Å². The number of allylic oxidation sites excluding steroid dienone is 4. The van der Waals surface area contributed by atoms with Crippen LogP contribution in [0.5, 0.6) is 0 Å². The van der Waals surface area contributed by atoms with Gasteiger partial charge in [0.05, 0.1) is 11.5 Å². The number of hydrogen-bond acceptors (Lipinski definition) is 2. The first kappa shape index (κ1) is 7.80. The molecule has 1 aliphatic heterocycles. The van der Waals surface area contributed by atoms with Crippen LogP contribution >= 0.6 is 0 Å². The Balaban J connectivity index is 2.16. The van der Waals surface area contributed by atoms with Crippen LogP contribution in [0.25, 0.3) is 0 Å². The van der Waals surface area contributed by atoms with E-state index < -0.39 is 9.84 Å². The summed E-state index contributed by atoms with van der Waals surface area (Å²) in [7, 11) is -2.79. The van der Waals surface area contributed by atoms with Gasteiger partial charge in [-0.15, -0.1) is 0 Å². The first-order chi connectivity index (χ1) is 6.08. The van der Waals surface area contributed by atoms with Gasteiger partial charge in [-0.25, -0.2) is 8.42 Å². The molecule has 1 fully saturated rings. The first-order valence-corrected chi connectivity index (χ1v) is 6.46. The molecule has 3 heteroatoms. The lowest BCUT2D eigenvalue weighted by atomic mass is 9.53. The number of hydrogen-bond donors (Lipinski definition) is 0. The van der Waals surface area contributed by atoms with Crippen molar-refractivity contribution in [3.8, 4) is 0 Å². The molecule has 0 aromatic carbocycles. The van der Waals surface area contributed by atoms with Crippen molar-refractivity contribution in [1.82, 2.24) is 0 Å². The Morgan fingerprint density at radius 2 is 1.38 bits per heavy atom. The van der Waals surface area contributed by atoms with Crippen LogP contribution in [0.4, 0.5) is 0 Å². The molecule has 0 bridgehead atoms. The quantitative estimate of drug-likeness (QED) is 0.547. The fourth-order valence-electron chi connectivity index (χ4n) is 3.02. The number of sulfone groups is 1. The standard InChI is InChI=1S/C10H12O2S/c11-13(12)7-9-3-1-2-4-10(9,8-13)6-5-9/h1-2,5-6H,3-4,7-8H2. The van der Waals surface area contributed by atoms with Crippen molar-refractivity contribution in [3.63, 3.8) is 0 Å². The average Bonchev–Trinajstić information content (AvgIpc) is 2.21. The van der Waals surface area contributed by atoms with Crippen LogP contribution in [0.3, 0.4) is 0 Å². The number of rotatable bonds is 0. The summed E-state index contributed by atoms with van der Waals surface area (Å²) in [5.41, 5.74) is -0.0266. The molecule has 1 heterocycles. The highest BCUT2D eigenvalue weighted by molar-refractivity contribution is 7.91. The van der Waals surface area contributed by atoms with Crippen LogP contribution in [-0.2, 0) is 9.84 Å². The second kappa shape index (κ2) is 1.92. The van der Waals surface area contributed by atoms with Crippen molar-refractivity contribution in [3.05, 3.63) is 24.3 Å². The maximum atomic E-state index is 11.6. The fourth-order valence-corrected chi connectivity index (χ4v) is 5.70. The molecule has 2 aliphatic carbocycles. The summed E-state index contributed by atoms with van der Waals surface area (Å²) in [6.07, 6.45) is 10.3. The van der Waals surface area contributed by atoms with Crippen molar-refractivity contribution < 1.29 is 8.42 Å². The van der Waals surface area contributed by atoms with Gasteiger partial charge in [0.1, 0.15) is 0 Å². The Labute approximate surface area is 78.3 Å². The molecule has 70 valence electrons. The Bertz CT molecular complexity index is 386. The van der Waals surface area contributed by atoms with E-state index in [-0.39, 0.29) is 10.8 Å². The fraction of sp³-hybridized carbons (Fsp3) is 0.600. The van der Waals surface area contributed by atoms with Gasteiger partial charge in [0.15, 0.2) is 9.84 Å². The second-order valence-electron chi connectivity index (χ2n) is 4.56. The summed E-state index contributed by atoms with van der Waals surface area (Å²) in [5.74, 6) is 0.752. The lowest BCUT2D eigenvalue weighted by molar-refractivity contribution is 0.162. The monoisotopic (exact) mass is 196 g/mol. The van der Waals surface area contributed by atoms with Gasteiger partial charge < -0.3 is 0 Å². The van der Waals surface area contributed by atoms with E-state index in [1.165, 1.54) is 0 Å². The van der Waals surface area contributed by atoms with Gasteiger partial charge in [-0.2, -0.15) is 0 Å². The molecule has 1 saturated heterocycles. The van der Waals surface area contributed by atoms with Gasteiger partial charge in [0.2, 0.25) is 0 Å².